The number of hydrogen-bond donors (Lipinski definition) is 1. The van der Waals surface area contributed by atoms with Crippen molar-refractivity contribution in [3.05, 3.63) is 101 Å². The van der Waals surface area contributed by atoms with Gasteiger partial charge in [0.05, 0.1) is 18.7 Å². The first-order valence-corrected chi connectivity index (χ1v) is 9.69. The molecule has 1 fully saturated rings. The number of amides is 1. The van der Waals surface area contributed by atoms with Gasteiger partial charge in [-0.05, 0) is 54.4 Å². The van der Waals surface area contributed by atoms with E-state index in [-0.39, 0.29) is 17.0 Å². The summed E-state index contributed by atoms with van der Waals surface area (Å²) in [5.74, 6) is -1.87. The van der Waals surface area contributed by atoms with Crippen LogP contribution in [0, 0.1) is 12.7 Å². The van der Waals surface area contributed by atoms with E-state index in [2.05, 4.69) is 0 Å². The Labute approximate surface area is 179 Å². The van der Waals surface area contributed by atoms with Crippen molar-refractivity contribution in [3.8, 4) is 5.75 Å². The molecule has 5 nitrogen and oxygen atoms in total. The van der Waals surface area contributed by atoms with Crippen LogP contribution in [0.25, 0.3) is 5.76 Å². The lowest BCUT2D eigenvalue weighted by molar-refractivity contribution is -0.132. The van der Waals surface area contributed by atoms with E-state index in [0.717, 1.165) is 0 Å². The van der Waals surface area contributed by atoms with Gasteiger partial charge in [-0.2, -0.15) is 0 Å². The first-order valence-electron chi connectivity index (χ1n) is 9.69. The molecule has 0 bridgehead atoms. The number of rotatable bonds is 4. The zero-order chi connectivity index (χ0) is 22.1. The molecule has 0 aliphatic carbocycles. The van der Waals surface area contributed by atoms with E-state index < -0.39 is 23.5 Å². The van der Waals surface area contributed by atoms with Gasteiger partial charge in [0, 0.05) is 11.3 Å². The van der Waals surface area contributed by atoms with Gasteiger partial charge in [-0.3, -0.25) is 14.5 Å². The Morgan fingerprint density at radius 3 is 2.39 bits per heavy atom. The van der Waals surface area contributed by atoms with Crippen LogP contribution in [0.4, 0.5) is 10.1 Å². The summed E-state index contributed by atoms with van der Waals surface area (Å²) in [6, 6.07) is 18.5. The number of Topliss-reactive ketones (excluding diaryl/α,β-unsaturated/α-hetero) is 1. The molecule has 1 amide bonds. The summed E-state index contributed by atoms with van der Waals surface area (Å²) in [4.78, 5) is 27.3. The number of ketones is 1. The fraction of sp³-hybridized carbons (Fsp3) is 0.120. The number of aliphatic hydroxyl groups is 1. The van der Waals surface area contributed by atoms with Gasteiger partial charge < -0.3 is 9.84 Å². The number of aryl methyl sites for hydroxylation is 1. The number of methoxy groups -OCH3 is 1. The quantitative estimate of drug-likeness (QED) is 0.377. The zero-order valence-corrected chi connectivity index (χ0v) is 17.0. The highest BCUT2D eigenvalue weighted by Gasteiger charge is 2.47. The van der Waals surface area contributed by atoms with Gasteiger partial charge >= 0.3 is 0 Å². The van der Waals surface area contributed by atoms with Crippen LogP contribution in [0.2, 0.25) is 0 Å². The SMILES string of the molecule is COc1ccc(/C(O)=C2/C(=O)C(=O)N(c3cccc(F)c3)C2c2ccccc2)c(C)c1. The number of halogens is 1. The van der Waals surface area contributed by atoms with Crippen LogP contribution < -0.4 is 9.64 Å². The van der Waals surface area contributed by atoms with Crippen molar-refractivity contribution < 1.29 is 23.8 Å². The number of nitrogens with zero attached hydrogens (tertiary/aromatic N) is 1. The maximum Gasteiger partial charge on any atom is 0.300 e. The number of anilines is 1. The van der Waals surface area contributed by atoms with Crippen molar-refractivity contribution in [2.75, 3.05) is 12.0 Å². The summed E-state index contributed by atoms with van der Waals surface area (Å²) in [6.07, 6.45) is 0. The summed E-state index contributed by atoms with van der Waals surface area (Å²) >= 11 is 0. The smallest absolute Gasteiger partial charge is 0.300 e. The van der Waals surface area contributed by atoms with Gasteiger partial charge in [-0.15, -0.1) is 0 Å². The number of carbonyl (C=O) groups is 2. The molecule has 3 aromatic carbocycles. The molecule has 1 atom stereocenters. The molecule has 1 aliphatic rings. The van der Waals surface area contributed by atoms with Crippen molar-refractivity contribution in [1.82, 2.24) is 0 Å². The zero-order valence-electron chi connectivity index (χ0n) is 17.0. The molecule has 1 heterocycles. The van der Waals surface area contributed by atoms with E-state index in [1.165, 1.54) is 30.2 Å². The van der Waals surface area contributed by atoms with Crippen molar-refractivity contribution in [1.29, 1.82) is 0 Å². The molecule has 0 radical (unpaired) electrons. The minimum absolute atomic E-state index is 0.0475. The average molecular weight is 417 g/mol. The number of aliphatic hydroxyl groups excluding tert-OH is 1. The standard InChI is InChI=1S/C25H20FNO4/c1-15-13-19(31-2)11-12-20(15)23(28)21-22(16-7-4-3-5-8-16)27(25(30)24(21)29)18-10-6-9-17(26)14-18/h3-14,22,28H,1-2H3/b23-21-. The summed E-state index contributed by atoms with van der Waals surface area (Å²) in [7, 11) is 1.54. The van der Waals surface area contributed by atoms with Crippen LogP contribution in [0.15, 0.2) is 78.4 Å². The molecular formula is C25H20FNO4. The van der Waals surface area contributed by atoms with Crippen molar-refractivity contribution in [3.63, 3.8) is 0 Å². The molecule has 1 saturated heterocycles. The average Bonchev–Trinajstić information content (AvgIpc) is 3.04. The number of carbonyl (C=O) groups excluding carboxylic acids is 2. The van der Waals surface area contributed by atoms with E-state index in [1.807, 2.05) is 6.07 Å². The maximum absolute atomic E-state index is 13.9. The Bertz CT molecular complexity index is 1200. The van der Waals surface area contributed by atoms with Crippen LogP contribution in [-0.4, -0.2) is 23.9 Å². The Hall–Kier alpha value is -3.93. The minimum Gasteiger partial charge on any atom is -0.507 e. The summed E-state index contributed by atoms with van der Waals surface area (Å²) in [6.45, 7) is 1.78. The van der Waals surface area contributed by atoms with Gasteiger partial charge in [0.25, 0.3) is 11.7 Å². The van der Waals surface area contributed by atoms with E-state index in [9.17, 15) is 19.1 Å². The Kier molecular flexibility index (Phi) is 5.29. The van der Waals surface area contributed by atoms with E-state index in [4.69, 9.17) is 4.74 Å². The predicted octanol–water partition coefficient (Wildman–Crippen LogP) is 4.77. The van der Waals surface area contributed by atoms with Crippen LogP contribution >= 0.6 is 0 Å². The molecule has 0 saturated carbocycles. The molecule has 31 heavy (non-hydrogen) atoms. The van der Waals surface area contributed by atoms with Gasteiger partial charge in [0.1, 0.15) is 17.3 Å². The maximum atomic E-state index is 13.9. The monoisotopic (exact) mass is 417 g/mol. The first-order chi connectivity index (χ1) is 14.9. The van der Waals surface area contributed by atoms with E-state index in [0.29, 0.717) is 22.4 Å². The second-order valence-electron chi connectivity index (χ2n) is 7.24. The molecule has 1 N–H and O–H groups in total. The van der Waals surface area contributed by atoms with Crippen LogP contribution in [0.3, 0.4) is 0 Å². The van der Waals surface area contributed by atoms with E-state index in [1.54, 1.807) is 55.5 Å². The molecular weight excluding hydrogens is 397 g/mol. The third-order valence-electron chi connectivity index (χ3n) is 5.33. The third kappa shape index (κ3) is 3.57. The first kappa shape index (κ1) is 20.3. The molecule has 1 unspecified atom stereocenters. The van der Waals surface area contributed by atoms with Gasteiger partial charge in [0.15, 0.2) is 0 Å². The second kappa shape index (κ2) is 8.07. The fourth-order valence-corrected chi connectivity index (χ4v) is 3.85. The molecule has 1 aliphatic heterocycles. The largest absolute Gasteiger partial charge is 0.507 e. The molecule has 3 aromatic rings. The fourth-order valence-electron chi connectivity index (χ4n) is 3.85. The van der Waals surface area contributed by atoms with Crippen LogP contribution in [0.5, 0.6) is 5.75 Å². The highest BCUT2D eigenvalue weighted by molar-refractivity contribution is 6.51. The Morgan fingerprint density at radius 2 is 1.74 bits per heavy atom. The lowest BCUT2D eigenvalue weighted by atomic mass is 9.94. The van der Waals surface area contributed by atoms with Gasteiger partial charge in [-0.25, -0.2) is 4.39 Å². The Morgan fingerprint density at radius 1 is 1.00 bits per heavy atom. The highest BCUT2D eigenvalue weighted by atomic mass is 19.1. The molecule has 6 heteroatoms. The second-order valence-corrected chi connectivity index (χ2v) is 7.24. The van der Waals surface area contributed by atoms with Crippen molar-refractivity contribution in [2.24, 2.45) is 0 Å². The predicted molar refractivity (Wildman–Crippen MR) is 115 cm³/mol. The van der Waals surface area contributed by atoms with Crippen molar-refractivity contribution >= 4 is 23.1 Å². The molecule has 4 rings (SSSR count). The Balaban J connectivity index is 1.95. The highest BCUT2D eigenvalue weighted by Crippen LogP contribution is 2.42. The summed E-state index contributed by atoms with van der Waals surface area (Å²) in [5.41, 5.74) is 1.91. The third-order valence-corrected chi connectivity index (χ3v) is 5.33. The topological polar surface area (TPSA) is 66.8 Å². The van der Waals surface area contributed by atoms with Crippen molar-refractivity contribution in [2.45, 2.75) is 13.0 Å². The molecule has 0 aromatic heterocycles. The molecule has 156 valence electrons. The number of hydrogen-bond acceptors (Lipinski definition) is 4. The van der Waals surface area contributed by atoms with E-state index >= 15 is 0 Å². The number of benzene rings is 3. The molecule has 0 spiro atoms. The number of ether oxygens (including phenoxy) is 1. The van der Waals surface area contributed by atoms with Crippen LogP contribution in [0.1, 0.15) is 22.7 Å². The summed E-state index contributed by atoms with van der Waals surface area (Å²) < 4.78 is 19.1. The minimum atomic E-state index is -0.899. The van der Waals surface area contributed by atoms with Gasteiger partial charge in [-0.1, -0.05) is 36.4 Å². The summed E-state index contributed by atoms with van der Waals surface area (Å²) in [5, 5.41) is 11.2. The van der Waals surface area contributed by atoms with Crippen LogP contribution in [-0.2, 0) is 9.59 Å². The normalized spacial score (nSPS) is 17.8. The van der Waals surface area contributed by atoms with Gasteiger partial charge in [0.2, 0.25) is 0 Å². The lowest BCUT2D eigenvalue weighted by Gasteiger charge is -2.25. The lowest BCUT2D eigenvalue weighted by Crippen LogP contribution is -2.29.